The normalized spacial score (nSPS) is 28.0. The van der Waals surface area contributed by atoms with Crippen molar-refractivity contribution in [2.24, 2.45) is 11.7 Å². The number of nitrogens with zero attached hydrogens (tertiary/aromatic N) is 3. The van der Waals surface area contributed by atoms with Crippen molar-refractivity contribution in [1.82, 2.24) is 14.7 Å². The van der Waals surface area contributed by atoms with Crippen molar-refractivity contribution in [2.45, 2.75) is 18.5 Å². The first-order valence-electron chi connectivity index (χ1n) is 8.01. The van der Waals surface area contributed by atoms with Gasteiger partial charge in [-0.1, -0.05) is 11.6 Å². The first kappa shape index (κ1) is 15.1. The summed E-state index contributed by atoms with van der Waals surface area (Å²) in [4.78, 5) is 2.42. The molecule has 2 saturated heterocycles. The van der Waals surface area contributed by atoms with E-state index in [4.69, 9.17) is 22.1 Å². The molecule has 6 heteroatoms. The molecular formula is C17H21ClN4O. The Kier molecular flexibility index (Phi) is 3.89. The summed E-state index contributed by atoms with van der Waals surface area (Å²) in [7, 11) is 0. The van der Waals surface area contributed by atoms with Crippen molar-refractivity contribution in [3.8, 4) is 5.69 Å². The number of hydrogen-bond donors (Lipinski definition) is 1. The zero-order valence-corrected chi connectivity index (χ0v) is 13.7. The number of halogens is 1. The van der Waals surface area contributed by atoms with Crippen LogP contribution in [-0.4, -0.2) is 46.5 Å². The third-order valence-corrected chi connectivity index (χ3v) is 5.23. The fourth-order valence-electron chi connectivity index (χ4n) is 3.65. The Hall–Kier alpha value is -1.40. The third-order valence-electron chi connectivity index (χ3n) is 4.97. The molecule has 3 heterocycles. The molecule has 0 spiro atoms. The Morgan fingerprint density at radius 1 is 1.35 bits per heavy atom. The van der Waals surface area contributed by atoms with E-state index in [0.717, 1.165) is 50.0 Å². The van der Waals surface area contributed by atoms with Gasteiger partial charge in [-0.3, -0.25) is 4.90 Å². The molecule has 4 rings (SSSR count). The van der Waals surface area contributed by atoms with E-state index < -0.39 is 0 Å². The van der Waals surface area contributed by atoms with Crippen molar-refractivity contribution in [2.75, 3.05) is 26.3 Å². The average Bonchev–Trinajstić information content (AvgIpc) is 3.11. The van der Waals surface area contributed by atoms with Crippen molar-refractivity contribution >= 4 is 11.6 Å². The van der Waals surface area contributed by atoms with E-state index in [1.807, 2.05) is 35.1 Å². The van der Waals surface area contributed by atoms with Crippen molar-refractivity contribution in [3.05, 3.63) is 47.2 Å². The lowest BCUT2D eigenvalue weighted by atomic mass is 9.84. The molecule has 0 amide bonds. The summed E-state index contributed by atoms with van der Waals surface area (Å²) in [5.41, 5.74) is 8.70. The van der Waals surface area contributed by atoms with Crippen molar-refractivity contribution in [1.29, 1.82) is 0 Å². The van der Waals surface area contributed by atoms with E-state index in [9.17, 15) is 0 Å². The molecule has 2 atom stereocenters. The van der Waals surface area contributed by atoms with E-state index in [-0.39, 0.29) is 5.54 Å². The number of nitrogens with two attached hydrogens (primary N) is 1. The molecule has 1 aromatic carbocycles. The Morgan fingerprint density at radius 3 is 2.96 bits per heavy atom. The van der Waals surface area contributed by atoms with Gasteiger partial charge in [0.25, 0.3) is 0 Å². The molecule has 0 bridgehead atoms. The Labute approximate surface area is 141 Å². The van der Waals surface area contributed by atoms with Crippen LogP contribution in [0.5, 0.6) is 0 Å². The molecule has 2 aromatic rings. The van der Waals surface area contributed by atoms with E-state index in [0.29, 0.717) is 5.92 Å². The van der Waals surface area contributed by atoms with Gasteiger partial charge in [-0.2, -0.15) is 5.10 Å². The number of aromatic nitrogens is 2. The third kappa shape index (κ3) is 3.02. The summed E-state index contributed by atoms with van der Waals surface area (Å²) >= 11 is 5.93. The first-order valence-corrected chi connectivity index (χ1v) is 8.39. The minimum absolute atomic E-state index is 0.0789. The molecule has 0 saturated carbocycles. The topological polar surface area (TPSA) is 56.3 Å². The number of ether oxygens (including phenoxy) is 1. The molecule has 2 fully saturated rings. The van der Waals surface area contributed by atoms with Gasteiger partial charge >= 0.3 is 0 Å². The Morgan fingerprint density at radius 2 is 2.17 bits per heavy atom. The number of hydrogen-bond acceptors (Lipinski definition) is 4. The molecule has 2 aliphatic heterocycles. The minimum atomic E-state index is -0.0789. The average molecular weight is 333 g/mol. The highest BCUT2D eigenvalue weighted by Crippen LogP contribution is 2.32. The van der Waals surface area contributed by atoms with Gasteiger partial charge in [0.2, 0.25) is 0 Å². The van der Waals surface area contributed by atoms with Gasteiger partial charge in [-0.25, -0.2) is 4.68 Å². The molecule has 1 aromatic heterocycles. The second-order valence-electron chi connectivity index (χ2n) is 6.69. The van der Waals surface area contributed by atoms with Crippen LogP contribution in [0.25, 0.3) is 5.69 Å². The highest BCUT2D eigenvalue weighted by Gasteiger charge is 2.45. The SMILES string of the molecule is N[C@@]12CCOC[C@@H]1CN(Cc1cnn(-c3ccc(Cl)cc3)c1)C2. The minimum Gasteiger partial charge on any atom is -0.381 e. The maximum absolute atomic E-state index is 6.56. The molecule has 0 unspecified atom stereocenters. The fourth-order valence-corrected chi connectivity index (χ4v) is 3.77. The van der Waals surface area contributed by atoms with E-state index >= 15 is 0 Å². The van der Waals surface area contributed by atoms with Crippen LogP contribution in [0.4, 0.5) is 0 Å². The highest BCUT2D eigenvalue weighted by molar-refractivity contribution is 6.30. The maximum Gasteiger partial charge on any atom is 0.0646 e. The smallest absolute Gasteiger partial charge is 0.0646 e. The zero-order valence-electron chi connectivity index (χ0n) is 13.0. The molecule has 122 valence electrons. The summed E-state index contributed by atoms with van der Waals surface area (Å²) in [6, 6.07) is 7.69. The maximum atomic E-state index is 6.56. The van der Waals surface area contributed by atoms with Gasteiger partial charge in [0.15, 0.2) is 0 Å². The summed E-state index contributed by atoms with van der Waals surface area (Å²) in [6.45, 7) is 4.39. The van der Waals surface area contributed by atoms with E-state index in [1.165, 1.54) is 5.56 Å². The molecule has 2 N–H and O–H groups in total. The molecule has 2 aliphatic rings. The Bertz CT molecular complexity index is 686. The number of fused-ring (bicyclic) bond motifs is 1. The van der Waals surface area contributed by atoms with Crippen LogP contribution in [-0.2, 0) is 11.3 Å². The van der Waals surface area contributed by atoms with Gasteiger partial charge in [-0.15, -0.1) is 0 Å². The zero-order chi connectivity index (χ0) is 15.9. The number of benzene rings is 1. The van der Waals surface area contributed by atoms with Crippen molar-refractivity contribution < 1.29 is 4.74 Å². The van der Waals surface area contributed by atoms with Crippen LogP contribution in [0.3, 0.4) is 0 Å². The predicted octanol–water partition coefficient (Wildman–Crippen LogP) is 2.08. The molecule has 23 heavy (non-hydrogen) atoms. The Balaban J connectivity index is 1.45. The van der Waals surface area contributed by atoms with Gasteiger partial charge in [0.1, 0.15) is 0 Å². The lowest BCUT2D eigenvalue weighted by Crippen LogP contribution is -2.52. The summed E-state index contributed by atoms with van der Waals surface area (Å²) in [5, 5.41) is 5.19. The summed E-state index contributed by atoms with van der Waals surface area (Å²) in [6.07, 6.45) is 4.96. The lowest BCUT2D eigenvalue weighted by Gasteiger charge is -2.34. The number of rotatable bonds is 3. The van der Waals surface area contributed by atoms with Crippen LogP contribution in [0.2, 0.25) is 5.02 Å². The van der Waals surface area contributed by atoms with E-state index in [1.54, 1.807) is 0 Å². The summed E-state index contributed by atoms with van der Waals surface area (Å²) in [5.74, 6) is 0.447. The standard InChI is InChI=1S/C17H21ClN4O/c18-15-1-3-16(4-2-15)22-9-13(7-20-22)8-21-10-14-11-23-6-5-17(14,19)12-21/h1-4,7,9,14H,5-6,8,10-12,19H2/t14-,17+/m0/s1. The monoisotopic (exact) mass is 332 g/mol. The van der Waals surface area contributed by atoms with Crippen LogP contribution < -0.4 is 5.73 Å². The summed E-state index contributed by atoms with van der Waals surface area (Å²) < 4.78 is 7.47. The van der Waals surface area contributed by atoms with Gasteiger partial charge < -0.3 is 10.5 Å². The van der Waals surface area contributed by atoms with E-state index in [2.05, 4.69) is 16.2 Å². The quantitative estimate of drug-likeness (QED) is 0.935. The first-order chi connectivity index (χ1) is 11.1. The van der Waals surface area contributed by atoms with Crippen molar-refractivity contribution in [3.63, 3.8) is 0 Å². The number of likely N-dealkylation sites (tertiary alicyclic amines) is 1. The lowest BCUT2D eigenvalue weighted by molar-refractivity contribution is 0.0241. The van der Waals surface area contributed by atoms with Gasteiger partial charge in [0, 0.05) is 54.5 Å². The van der Waals surface area contributed by atoms with Gasteiger partial charge in [0.05, 0.1) is 18.5 Å². The largest absolute Gasteiger partial charge is 0.381 e. The van der Waals surface area contributed by atoms with Crippen LogP contribution in [0, 0.1) is 5.92 Å². The second-order valence-corrected chi connectivity index (χ2v) is 7.13. The predicted molar refractivity (Wildman–Crippen MR) is 89.7 cm³/mol. The second kappa shape index (κ2) is 5.91. The highest BCUT2D eigenvalue weighted by atomic mass is 35.5. The molecule has 0 aliphatic carbocycles. The fraction of sp³-hybridized carbons (Fsp3) is 0.471. The molecule has 5 nitrogen and oxygen atoms in total. The molecule has 0 radical (unpaired) electrons. The van der Waals surface area contributed by atoms with Crippen LogP contribution in [0.15, 0.2) is 36.7 Å². The van der Waals surface area contributed by atoms with Crippen LogP contribution >= 0.6 is 11.6 Å². The van der Waals surface area contributed by atoms with Gasteiger partial charge in [-0.05, 0) is 30.7 Å². The molecular weight excluding hydrogens is 312 g/mol. The van der Waals surface area contributed by atoms with Crippen LogP contribution in [0.1, 0.15) is 12.0 Å².